The molecule has 2 N–H and O–H groups in total. The van der Waals surface area contributed by atoms with E-state index in [2.05, 4.69) is 24.5 Å². The fraction of sp³-hybridized carbons (Fsp3) is 0.250. The normalized spacial score (nSPS) is 10.6. The lowest BCUT2D eigenvalue weighted by molar-refractivity contribution is 0.0994. The maximum Gasteiger partial charge on any atom is 0.291 e. The van der Waals surface area contributed by atoms with Crippen molar-refractivity contribution in [3.8, 4) is 11.5 Å². The van der Waals surface area contributed by atoms with Gasteiger partial charge in [-0.2, -0.15) is 0 Å². The molecule has 3 rings (SSSR count). The summed E-state index contributed by atoms with van der Waals surface area (Å²) in [4.78, 5) is 24.6. The van der Waals surface area contributed by atoms with Crippen LogP contribution in [0.15, 0.2) is 65.3 Å². The number of furan rings is 1. The van der Waals surface area contributed by atoms with Crippen molar-refractivity contribution in [1.82, 2.24) is 0 Å². The van der Waals surface area contributed by atoms with Gasteiger partial charge in [-0.05, 0) is 66.9 Å². The molecule has 7 nitrogen and oxygen atoms in total. The Kier molecular flexibility index (Phi) is 7.32. The molecule has 162 valence electrons. The lowest BCUT2D eigenvalue weighted by atomic mass is 10.1. The number of methoxy groups -OCH3 is 1. The third-order valence-corrected chi connectivity index (χ3v) is 4.52. The van der Waals surface area contributed by atoms with E-state index < -0.39 is 0 Å². The topological polar surface area (TPSA) is 89.8 Å². The molecule has 2 amide bonds. The number of anilines is 2. The standard InChI is InChI=1S/C24H26N2O5/c1-16(2)12-14-31-20-11-6-17(15-22(20)29-3)23(27)25-18-7-9-19(10-8-18)26-24(28)21-5-4-13-30-21/h4-11,13,15-16H,12,14H2,1-3H3,(H,25,27)(H,26,28). The van der Waals surface area contributed by atoms with Gasteiger partial charge in [-0.15, -0.1) is 0 Å². The van der Waals surface area contributed by atoms with Crippen LogP contribution in [-0.2, 0) is 0 Å². The van der Waals surface area contributed by atoms with Gasteiger partial charge in [0.25, 0.3) is 11.8 Å². The van der Waals surface area contributed by atoms with Gasteiger partial charge in [0.05, 0.1) is 20.0 Å². The van der Waals surface area contributed by atoms with E-state index in [0.29, 0.717) is 41.0 Å². The van der Waals surface area contributed by atoms with Crippen molar-refractivity contribution in [2.24, 2.45) is 5.92 Å². The number of hydrogen-bond acceptors (Lipinski definition) is 5. The average molecular weight is 422 g/mol. The minimum Gasteiger partial charge on any atom is -0.493 e. The Hall–Kier alpha value is -3.74. The van der Waals surface area contributed by atoms with E-state index in [4.69, 9.17) is 13.9 Å². The van der Waals surface area contributed by atoms with Crippen molar-refractivity contribution in [1.29, 1.82) is 0 Å². The van der Waals surface area contributed by atoms with E-state index in [0.717, 1.165) is 6.42 Å². The molecule has 1 heterocycles. The van der Waals surface area contributed by atoms with Crippen LogP contribution in [0, 0.1) is 5.92 Å². The van der Waals surface area contributed by atoms with E-state index in [1.54, 1.807) is 61.7 Å². The first kappa shape index (κ1) is 22.0. The number of nitrogens with one attached hydrogen (secondary N) is 2. The predicted molar refractivity (Wildman–Crippen MR) is 119 cm³/mol. The molecule has 1 aromatic heterocycles. The largest absolute Gasteiger partial charge is 0.493 e. The summed E-state index contributed by atoms with van der Waals surface area (Å²) in [5.41, 5.74) is 1.63. The van der Waals surface area contributed by atoms with Crippen LogP contribution in [-0.4, -0.2) is 25.5 Å². The van der Waals surface area contributed by atoms with Gasteiger partial charge >= 0.3 is 0 Å². The summed E-state index contributed by atoms with van der Waals surface area (Å²) in [5, 5.41) is 5.55. The van der Waals surface area contributed by atoms with E-state index in [9.17, 15) is 9.59 Å². The van der Waals surface area contributed by atoms with Crippen LogP contribution in [0.2, 0.25) is 0 Å². The number of carbonyl (C=O) groups excluding carboxylic acids is 2. The molecule has 0 bridgehead atoms. The second-order valence-corrected chi connectivity index (χ2v) is 7.36. The Labute approximate surface area is 181 Å². The van der Waals surface area contributed by atoms with Crippen LogP contribution in [0.4, 0.5) is 11.4 Å². The molecule has 0 spiro atoms. The number of rotatable bonds is 9. The molecule has 0 fully saturated rings. The maximum absolute atomic E-state index is 12.6. The Morgan fingerprint density at radius 1 is 0.935 bits per heavy atom. The van der Waals surface area contributed by atoms with Crippen LogP contribution in [0.3, 0.4) is 0 Å². The van der Waals surface area contributed by atoms with Crippen molar-refractivity contribution in [2.75, 3.05) is 24.4 Å². The first-order valence-electron chi connectivity index (χ1n) is 10.0. The van der Waals surface area contributed by atoms with E-state index in [1.807, 2.05) is 0 Å². The first-order valence-corrected chi connectivity index (χ1v) is 10.0. The number of benzene rings is 2. The molecule has 0 aliphatic heterocycles. The second-order valence-electron chi connectivity index (χ2n) is 7.36. The summed E-state index contributed by atoms with van der Waals surface area (Å²) in [6, 6.07) is 15.1. The van der Waals surface area contributed by atoms with Crippen molar-refractivity contribution in [3.05, 3.63) is 72.2 Å². The lowest BCUT2D eigenvalue weighted by Gasteiger charge is -2.13. The van der Waals surface area contributed by atoms with Crippen LogP contribution >= 0.6 is 0 Å². The smallest absolute Gasteiger partial charge is 0.291 e. The summed E-state index contributed by atoms with van der Waals surface area (Å²) in [6.07, 6.45) is 2.37. The van der Waals surface area contributed by atoms with Gasteiger partial charge in [-0.1, -0.05) is 13.8 Å². The van der Waals surface area contributed by atoms with E-state index >= 15 is 0 Å². The summed E-state index contributed by atoms with van der Waals surface area (Å²) in [5.74, 6) is 1.26. The van der Waals surface area contributed by atoms with Gasteiger partial charge < -0.3 is 24.5 Å². The van der Waals surface area contributed by atoms with Crippen LogP contribution in [0.5, 0.6) is 11.5 Å². The molecule has 0 aliphatic rings. The summed E-state index contributed by atoms with van der Waals surface area (Å²) in [6.45, 7) is 4.85. The first-order chi connectivity index (χ1) is 15.0. The van der Waals surface area contributed by atoms with Crippen molar-refractivity contribution in [2.45, 2.75) is 20.3 Å². The summed E-state index contributed by atoms with van der Waals surface area (Å²) < 4.78 is 16.2. The van der Waals surface area contributed by atoms with Gasteiger partial charge in [0.15, 0.2) is 17.3 Å². The minimum absolute atomic E-state index is 0.225. The van der Waals surface area contributed by atoms with E-state index in [1.165, 1.54) is 6.26 Å². The zero-order chi connectivity index (χ0) is 22.2. The zero-order valence-electron chi connectivity index (χ0n) is 17.8. The molecule has 0 unspecified atom stereocenters. The van der Waals surface area contributed by atoms with Crippen molar-refractivity contribution >= 4 is 23.2 Å². The van der Waals surface area contributed by atoms with Crippen LogP contribution < -0.4 is 20.1 Å². The van der Waals surface area contributed by atoms with Crippen LogP contribution in [0.1, 0.15) is 41.2 Å². The Morgan fingerprint density at radius 3 is 2.19 bits per heavy atom. The third-order valence-electron chi connectivity index (χ3n) is 4.52. The SMILES string of the molecule is COc1cc(C(=O)Nc2ccc(NC(=O)c3ccco3)cc2)ccc1OCCC(C)C. The van der Waals surface area contributed by atoms with Crippen molar-refractivity contribution in [3.63, 3.8) is 0 Å². The molecule has 0 aliphatic carbocycles. The average Bonchev–Trinajstić information content (AvgIpc) is 3.30. The molecule has 3 aromatic rings. The lowest BCUT2D eigenvalue weighted by Crippen LogP contribution is -2.13. The Morgan fingerprint density at radius 2 is 1.61 bits per heavy atom. The monoisotopic (exact) mass is 422 g/mol. The van der Waals surface area contributed by atoms with Gasteiger partial charge in [-0.25, -0.2) is 0 Å². The maximum atomic E-state index is 12.6. The number of carbonyl (C=O) groups is 2. The molecular formula is C24H26N2O5. The predicted octanol–water partition coefficient (Wildman–Crippen LogP) is 5.22. The molecule has 0 radical (unpaired) electrons. The molecule has 0 saturated carbocycles. The quantitative estimate of drug-likeness (QED) is 0.494. The molecule has 0 atom stereocenters. The van der Waals surface area contributed by atoms with Gasteiger partial charge in [0.2, 0.25) is 0 Å². The molecule has 31 heavy (non-hydrogen) atoms. The van der Waals surface area contributed by atoms with Crippen LogP contribution in [0.25, 0.3) is 0 Å². The molecule has 7 heteroatoms. The highest BCUT2D eigenvalue weighted by Gasteiger charge is 2.13. The fourth-order valence-corrected chi connectivity index (χ4v) is 2.77. The number of amides is 2. The minimum atomic E-state index is -0.343. The van der Waals surface area contributed by atoms with Gasteiger partial charge in [-0.3, -0.25) is 9.59 Å². The third kappa shape index (κ3) is 6.12. The highest BCUT2D eigenvalue weighted by molar-refractivity contribution is 6.05. The summed E-state index contributed by atoms with van der Waals surface area (Å²) >= 11 is 0. The molecular weight excluding hydrogens is 396 g/mol. The van der Waals surface area contributed by atoms with E-state index in [-0.39, 0.29) is 17.6 Å². The fourth-order valence-electron chi connectivity index (χ4n) is 2.77. The number of ether oxygens (including phenoxy) is 2. The van der Waals surface area contributed by atoms with Gasteiger partial charge in [0.1, 0.15) is 0 Å². The Balaban J connectivity index is 1.60. The highest BCUT2D eigenvalue weighted by Crippen LogP contribution is 2.29. The second kappa shape index (κ2) is 10.3. The highest BCUT2D eigenvalue weighted by atomic mass is 16.5. The molecule has 2 aromatic carbocycles. The molecule has 0 saturated heterocycles. The summed E-state index contributed by atoms with van der Waals surface area (Å²) in [7, 11) is 1.54. The van der Waals surface area contributed by atoms with Crippen molar-refractivity contribution < 1.29 is 23.5 Å². The Bertz CT molecular complexity index is 1010. The zero-order valence-corrected chi connectivity index (χ0v) is 17.8. The van der Waals surface area contributed by atoms with Gasteiger partial charge in [0, 0.05) is 16.9 Å². The number of hydrogen-bond donors (Lipinski definition) is 2.